The highest BCUT2D eigenvalue weighted by molar-refractivity contribution is 7.90. The molecule has 9 heteroatoms. The quantitative estimate of drug-likeness (QED) is 0.617. The molecule has 0 unspecified atom stereocenters. The third kappa shape index (κ3) is 4.01. The van der Waals surface area contributed by atoms with Crippen LogP contribution in [0.25, 0.3) is 11.0 Å². The lowest BCUT2D eigenvalue weighted by Crippen LogP contribution is -2.46. The van der Waals surface area contributed by atoms with Crippen LogP contribution < -0.4 is 4.72 Å². The van der Waals surface area contributed by atoms with E-state index in [4.69, 9.17) is 4.98 Å². The van der Waals surface area contributed by atoms with E-state index in [-0.39, 0.29) is 28.5 Å². The lowest BCUT2D eigenvalue weighted by Gasteiger charge is -2.34. The number of nitrogens with zero attached hydrogens (tertiary/aromatic N) is 3. The van der Waals surface area contributed by atoms with Crippen LogP contribution in [0.3, 0.4) is 0 Å². The molecule has 2 aliphatic heterocycles. The molecule has 2 N–H and O–H groups in total. The van der Waals surface area contributed by atoms with Crippen molar-refractivity contribution in [2.24, 2.45) is 10.9 Å². The van der Waals surface area contributed by atoms with Crippen molar-refractivity contribution in [1.82, 2.24) is 19.6 Å². The zero-order chi connectivity index (χ0) is 23.2. The molecule has 1 aromatic heterocycles. The Balaban J connectivity index is 1.40. The van der Waals surface area contributed by atoms with E-state index in [1.807, 2.05) is 43.0 Å². The fraction of sp³-hybridized carbons (Fsp3) is 0.375. The number of carbonyl (C=O) groups excluding carboxylic acids is 1. The van der Waals surface area contributed by atoms with Crippen molar-refractivity contribution < 1.29 is 13.2 Å². The molecule has 0 saturated carbocycles. The highest BCUT2D eigenvalue weighted by Crippen LogP contribution is 2.29. The number of hydrogen-bond donors (Lipinski definition) is 2. The molecule has 2 aromatic carbocycles. The summed E-state index contributed by atoms with van der Waals surface area (Å²) < 4.78 is 27.4. The van der Waals surface area contributed by atoms with E-state index in [1.54, 1.807) is 24.3 Å². The Hall–Kier alpha value is -3.20. The molecular formula is C24H27N5O3S. The topological polar surface area (TPSA) is 108 Å². The Morgan fingerprint density at radius 2 is 1.91 bits per heavy atom. The number of imidazole rings is 1. The fourth-order valence-corrected chi connectivity index (χ4v) is 5.85. The normalized spacial score (nSPS) is 21.8. The van der Waals surface area contributed by atoms with E-state index in [1.165, 1.54) is 0 Å². The van der Waals surface area contributed by atoms with Gasteiger partial charge in [-0.3, -0.25) is 14.5 Å². The summed E-state index contributed by atoms with van der Waals surface area (Å²) in [7, 11) is -3.65. The second-order valence-electron chi connectivity index (χ2n) is 9.03. The van der Waals surface area contributed by atoms with Gasteiger partial charge in [-0.25, -0.2) is 13.4 Å². The molecule has 5 rings (SSSR count). The Labute approximate surface area is 193 Å². The van der Waals surface area contributed by atoms with Crippen molar-refractivity contribution >= 4 is 32.8 Å². The van der Waals surface area contributed by atoms with Gasteiger partial charge in [0.05, 0.1) is 15.9 Å². The molecule has 1 amide bonds. The van der Waals surface area contributed by atoms with E-state index in [0.29, 0.717) is 18.7 Å². The summed E-state index contributed by atoms with van der Waals surface area (Å²) in [6.07, 6.45) is 1.84. The van der Waals surface area contributed by atoms with Crippen molar-refractivity contribution in [3.8, 4) is 0 Å². The lowest BCUT2D eigenvalue weighted by molar-refractivity contribution is -0.134. The summed E-state index contributed by atoms with van der Waals surface area (Å²) in [4.78, 5) is 28.4. The van der Waals surface area contributed by atoms with E-state index in [0.717, 1.165) is 29.7 Å². The van der Waals surface area contributed by atoms with E-state index < -0.39 is 16.1 Å². The van der Waals surface area contributed by atoms with Crippen LogP contribution in [0, 0.1) is 5.92 Å². The van der Waals surface area contributed by atoms with Gasteiger partial charge in [-0.05, 0) is 43.0 Å². The summed E-state index contributed by atoms with van der Waals surface area (Å²) in [5.41, 5.74) is 2.43. The summed E-state index contributed by atoms with van der Waals surface area (Å²) >= 11 is 0. The van der Waals surface area contributed by atoms with Crippen LogP contribution in [0.4, 0.5) is 0 Å². The van der Waals surface area contributed by atoms with Crippen molar-refractivity contribution in [2.45, 2.75) is 43.5 Å². The number of sulfonamides is 1. The maximum absolute atomic E-state index is 13.6. The van der Waals surface area contributed by atoms with E-state index in [2.05, 4.69) is 14.7 Å². The molecule has 0 radical (unpaired) electrons. The number of nitrogens with one attached hydrogen (secondary N) is 2. The van der Waals surface area contributed by atoms with Gasteiger partial charge in [0, 0.05) is 24.6 Å². The second kappa shape index (κ2) is 8.30. The molecule has 1 saturated heterocycles. The molecule has 0 bridgehead atoms. The summed E-state index contributed by atoms with van der Waals surface area (Å²) in [5, 5.41) is 0. The van der Waals surface area contributed by atoms with Gasteiger partial charge in [-0.2, -0.15) is 0 Å². The molecule has 0 aliphatic carbocycles. The summed E-state index contributed by atoms with van der Waals surface area (Å²) in [5.74, 6) is 1.10. The van der Waals surface area contributed by atoms with Crippen LogP contribution in [0.15, 0.2) is 58.4 Å². The largest absolute Gasteiger partial charge is 0.342 e. The number of amidine groups is 1. The Morgan fingerprint density at radius 1 is 1.15 bits per heavy atom. The number of fused-ring (bicyclic) bond motifs is 2. The van der Waals surface area contributed by atoms with Crippen LogP contribution in [0.1, 0.15) is 44.0 Å². The predicted molar refractivity (Wildman–Crippen MR) is 127 cm³/mol. The minimum Gasteiger partial charge on any atom is -0.342 e. The first kappa shape index (κ1) is 21.6. The maximum atomic E-state index is 13.6. The molecule has 3 heterocycles. The first-order valence-electron chi connectivity index (χ1n) is 11.3. The van der Waals surface area contributed by atoms with Gasteiger partial charge in [0.2, 0.25) is 5.91 Å². The zero-order valence-electron chi connectivity index (χ0n) is 18.7. The first-order chi connectivity index (χ1) is 15.8. The van der Waals surface area contributed by atoms with Crippen LogP contribution in [0.2, 0.25) is 0 Å². The number of benzene rings is 2. The minimum absolute atomic E-state index is 0.0816. The zero-order valence-corrected chi connectivity index (χ0v) is 19.5. The highest BCUT2D eigenvalue weighted by Gasteiger charge is 2.35. The van der Waals surface area contributed by atoms with Gasteiger partial charge in [-0.1, -0.05) is 38.1 Å². The average Bonchev–Trinajstić information content (AvgIpc) is 3.36. The van der Waals surface area contributed by atoms with Gasteiger partial charge in [0.15, 0.2) is 0 Å². The lowest BCUT2D eigenvalue weighted by atomic mass is 9.95. The molecule has 172 valence electrons. The van der Waals surface area contributed by atoms with Crippen molar-refractivity contribution in [3.05, 3.63) is 59.9 Å². The summed E-state index contributed by atoms with van der Waals surface area (Å²) in [6, 6.07) is 14.0. The molecule has 8 nitrogen and oxygen atoms in total. The fourth-order valence-electron chi connectivity index (χ4n) is 4.61. The number of hydrogen-bond acceptors (Lipinski definition) is 5. The van der Waals surface area contributed by atoms with Crippen molar-refractivity contribution in [3.63, 3.8) is 0 Å². The SMILES string of the molecule is CC(C)[C@H](N=C1NS(=O)(=O)c2ccccc21)C(=O)N1CCC[C@@H](c2nc3ccccc3[nH]2)C1. The average molecular weight is 466 g/mol. The number of carbonyl (C=O) groups is 1. The molecule has 3 aromatic rings. The number of para-hydroxylation sites is 2. The van der Waals surface area contributed by atoms with Crippen molar-refractivity contribution in [1.29, 1.82) is 0 Å². The Morgan fingerprint density at radius 3 is 2.70 bits per heavy atom. The van der Waals surface area contributed by atoms with E-state index in [9.17, 15) is 13.2 Å². The molecule has 2 aliphatic rings. The monoisotopic (exact) mass is 465 g/mol. The second-order valence-corrected chi connectivity index (χ2v) is 10.7. The number of aliphatic imine (C=N–C) groups is 1. The van der Waals surface area contributed by atoms with Crippen LogP contribution >= 0.6 is 0 Å². The number of aromatic nitrogens is 2. The molecule has 0 spiro atoms. The van der Waals surface area contributed by atoms with Gasteiger partial charge in [0.25, 0.3) is 10.0 Å². The first-order valence-corrected chi connectivity index (χ1v) is 12.8. The molecular weight excluding hydrogens is 438 g/mol. The van der Waals surface area contributed by atoms with Gasteiger partial charge in [0.1, 0.15) is 17.7 Å². The predicted octanol–water partition coefficient (Wildman–Crippen LogP) is 3.03. The molecule has 2 atom stereocenters. The van der Waals surface area contributed by atoms with Gasteiger partial charge < -0.3 is 9.88 Å². The van der Waals surface area contributed by atoms with Crippen LogP contribution in [-0.2, 0) is 14.8 Å². The number of rotatable bonds is 4. The number of H-pyrrole nitrogens is 1. The van der Waals surface area contributed by atoms with E-state index >= 15 is 0 Å². The Bertz CT molecular complexity index is 1310. The number of amides is 1. The number of aromatic amines is 1. The van der Waals surface area contributed by atoms with Crippen LogP contribution in [0.5, 0.6) is 0 Å². The van der Waals surface area contributed by atoms with Crippen molar-refractivity contribution in [2.75, 3.05) is 13.1 Å². The summed E-state index contributed by atoms with van der Waals surface area (Å²) in [6.45, 7) is 5.09. The molecule has 1 fully saturated rings. The standard InChI is InChI=1S/C24H27N5O3S/c1-15(2)21(27-23-17-9-3-6-12-20(17)33(31,32)28-23)24(30)29-13-7-8-16(14-29)22-25-18-10-4-5-11-19(18)26-22/h3-6,9-12,15-16,21H,7-8,13-14H2,1-2H3,(H,25,26)(H,27,28)/t16-,21+/m1/s1. The number of likely N-dealkylation sites (tertiary alicyclic amines) is 1. The van der Waals surface area contributed by atoms with Gasteiger partial charge >= 0.3 is 0 Å². The smallest absolute Gasteiger partial charge is 0.263 e. The maximum Gasteiger partial charge on any atom is 0.263 e. The number of piperidine rings is 1. The Kier molecular flexibility index (Phi) is 5.44. The molecule has 33 heavy (non-hydrogen) atoms. The third-order valence-corrected chi connectivity index (χ3v) is 7.74. The van der Waals surface area contributed by atoms with Crippen LogP contribution in [-0.4, -0.2) is 54.2 Å². The highest BCUT2D eigenvalue weighted by atomic mass is 32.2. The van der Waals surface area contributed by atoms with Gasteiger partial charge in [-0.15, -0.1) is 0 Å². The minimum atomic E-state index is -3.65. The third-order valence-electron chi connectivity index (χ3n) is 6.34.